The molecule has 1 aromatic carbocycles. The van der Waals surface area contributed by atoms with E-state index in [-0.39, 0.29) is 0 Å². The number of rotatable bonds is 6. The van der Waals surface area contributed by atoms with Crippen molar-refractivity contribution in [2.75, 3.05) is 0 Å². The van der Waals surface area contributed by atoms with Gasteiger partial charge in [-0.15, -0.1) is 0 Å². The number of halogens is 1. The number of hydrogen-bond donors (Lipinski definition) is 1. The predicted octanol–water partition coefficient (Wildman–Crippen LogP) is 4.74. The second kappa shape index (κ2) is 7.14. The largest absolute Gasteiger partial charge is 0.486 e. The summed E-state index contributed by atoms with van der Waals surface area (Å²) in [7, 11) is 0. The second-order valence-corrected chi connectivity index (χ2v) is 6.36. The summed E-state index contributed by atoms with van der Waals surface area (Å²) in [4.78, 5) is 0. The van der Waals surface area contributed by atoms with Gasteiger partial charge < -0.3 is 14.5 Å². The van der Waals surface area contributed by atoms with Gasteiger partial charge in [-0.1, -0.05) is 29.8 Å². The predicted molar refractivity (Wildman–Crippen MR) is 88.6 cm³/mol. The first-order chi connectivity index (χ1) is 9.95. The molecule has 2 rings (SSSR count). The number of aryl methyl sites for hydroxylation is 2. The molecule has 0 atom stereocenters. The van der Waals surface area contributed by atoms with Crippen molar-refractivity contribution in [1.82, 2.24) is 5.32 Å². The molecule has 1 heterocycles. The Morgan fingerprint density at radius 1 is 1.14 bits per heavy atom. The Labute approximate surface area is 134 Å². The van der Waals surface area contributed by atoms with E-state index in [4.69, 9.17) is 9.15 Å². The van der Waals surface area contributed by atoms with Crippen molar-refractivity contribution in [2.24, 2.45) is 0 Å². The summed E-state index contributed by atoms with van der Waals surface area (Å²) in [6, 6.07) is 8.47. The van der Waals surface area contributed by atoms with Crippen LogP contribution in [0.5, 0.6) is 5.75 Å². The summed E-state index contributed by atoms with van der Waals surface area (Å²) < 4.78 is 12.7. The lowest BCUT2D eigenvalue weighted by atomic mass is 10.1. The molecular weight excluding hydrogens is 330 g/mol. The quantitative estimate of drug-likeness (QED) is 0.816. The van der Waals surface area contributed by atoms with E-state index in [1.54, 1.807) is 0 Å². The van der Waals surface area contributed by atoms with Crippen LogP contribution >= 0.6 is 15.9 Å². The fourth-order valence-electron chi connectivity index (χ4n) is 2.04. The maximum atomic E-state index is 5.81. The topological polar surface area (TPSA) is 34.4 Å². The van der Waals surface area contributed by atoms with Crippen LogP contribution in [0.25, 0.3) is 0 Å². The first-order valence-corrected chi connectivity index (χ1v) is 7.95. The summed E-state index contributed by atoms with van der Waals surface area (Å²) in [5.74, 6) is 2.64. The standard InChI is InChI=1S/C17H22BrNO2/c1-11(2)19-9-14-5-6-15(21-14)10-20-16-7-12(3)17(18)13(4)8-16/h5-8,11,19H,9-10H2,1-4H3. The van der Waals surface area contributed by atoms with Crippen LogP contribution in [0.4, 0.5) is 0 Å². The van der Waals surface area contributed by atoms with E-state index < -0.39 is 0 Å². The van der Waals surface area contributed by atoms with E-state index in [2.05, 4.69) is 48.9 Å². The van der Waals surface area contributed by atoms with E-state index in [1.807, 2.05) is 24.3 Å². The molecule has 2 aromatic rings. The van der Waals surface area contributed by atoms with Crippen molar-refractivity contribution in [3.63, 3.8) is 0 Å². The molecule has 0 amide bonds. The number of benzene rings is 1. The molecule has 0 aliphatic heterocycles. The van der Waals surface area contributed by atoms with Crippen LogP contribution in [0.1, 0.15) is 36.5 Å². The van der Waals surface area contributed by atoms with Crippen LogP contribution in [-0.4, -0.2) is 6.04 Å². The van der Waals surface area contributed by atoms with Crippen LogP contribution in [0.15, 0.2) is 33.2 Å². The highest BCUT2D eigenvalue weighted by Crippen LogP contribution is 2.26. The van der Waals surface area contributed by atoms with Gasteiger partial charge in [0.25, 0.3) is 0 Å². The van der Waals surface area contributed by atoms with Crippen LogP contribution < -0.4 is 10.1 Å². The molecule has 0 saturated carbocycles. The maximum Gasteiger partial charge on any atom is 0.146 e. The van der Waals surface area contributed by atoms with Gasteiger partial charge in [-0.3, -0.25) is 0 Å². The van der Waals surface area contributed by atoms with Gasteiger partial charge in [-0.25, -0.2) is 0 Å². The smallest absolute Gasteiger partial charge is 0.146 e. The summed E-state index contributed by atoms with van der Waals surface area (Å²) in [6.07, 6.45) is 0. The number of furan rings is 1. The van der Waals surface area contributed by atoms with E-state index >= 15 is 0 Å². The third kappa shape index (κ3) is 4.61. The maximum absolute atomic E-state index is 5.81. The van der Waals surface area contributed by atoms with Gasteiger partial charge in [0, 0.05) is 10.5 Å². The monoisotopic (exact) mass is 351 g/mol. The highest BCUT2D eigenvalue weighted by molar-refractivity contribution is 9.10. The number of nitrogens with one attached hydrogen (secondary N) is 1. The molecule has 1 N–H and O–H groups in total. The van der Waals surface area contributed by atoms with Crippen molar-refractivity contribution in [2.45, 2.75) is 46.9 Å². The van der Waals surface area contributed by atoms with E-state index in [1.165, 1.54) is 11.1 Å². The lowest BCUT2D eigenvalue weighted by molar-refractivity contribution is 0.264. The Morgan fingerprint density at radius 3 is 2.38 bits per heavy atom. The molecule has 0 bridgehead atoms. The molecule has 114 valence electrons. The molecule has 0 aliphatic rings. The molecular formula is C17H22BrNO2. The van der Waals surface area contributed by atoms with Gasteiger partial charge >= 0.3 is 0 Å². The molecule has 0 saturated heterocycles. The lowest BCUT2D eigenvalue weighted by Gasteiger charge is -2.09. The van der Waals surface area contributed by atoms with Gasteiger partial charge in [-0.2, -0.15) is 0 Å². The van der Waals surface area contributed by atoms with Gasteiger partial charge in [0.15, 0.2) is 0 Å². The number of hydrogen-bond acceptors (Lipinski definition) is 3. The van der Waals surface area contributed by atoms with Gasteiger partial charge in [0.2, 0.25) is 0 Å². The van der Waals surface area contributed by atoms with Gasteiger partial charge in [0.05, 0.1) is 6.54 Å². The molecule has 0 aliphatic carbocycles. The molecule has 3 nitrogen and oxygen atoms in total. The van der Waals surface area contributed by atoms with Crippen LogP contribution in [0, 0.1) is 13.8 Å². The second-order valence-electron chi connectivity index (χ2n) is 5.56. The van der Waals surface area contributed by atoms with Crippen molar-refractivity contribution in [1.29, 1.82) is 0 Å². The third-order valence-electron chi connectivity index (χ3n) is 3.19. The summed E-state index contributed by atoms with van der Waals surface area (Å²) in [5, 5.41) is 3.33. The van der Waals surface area contributed by atoms with Gasteiger partial charge in [0.1, 0.15) is 23.9 Å². The fourth-order valence-corrected chi connectivity index (χ4v) is 2.27. The first kappa shape index (κ1) is 16.1. The highest BCUT2D eigenvalue weighted by atomic mass is 79.9. The average molecular weight is 352 g/mol. The molecule has 0 unspecified atom stereocenters. The average Bonchev–Trinajstić information content (AvgIpc) is 2.88. The third-order valence-corrected chi connectivity index (χ3v) is 4.44. The van der Waals surface area contributed by atoms with Crippen LogP contribution in [-0.2, 0) is 13.2 Å². The Morgan fingerprint density at radius 2 is 1.76 bits per heavy atom. The van der Waals surface area contributed by atoms with E-state index in [9.17, 15) is 0 Å². The minimum absolute atomic E-state index is 0.447. The van der Waals surface area contributed by atoms with E-state index in [0.717, 1.165) is 28.3 Å². The summed E-state index contributed by atoms with van der Waals surface area (Å²) in [5.41, 5.74) is 2.34. The lowest BCUT2D eigenvalue weighted by Crippen LogP contribution is -2.21. The Bertz CT molecular complexity index is 582. The summed E-state index contributed by atoms with van der Waals surface area (Å²) in [6.45, 7) is 9.55. The van der Waals surface area contributed by atoms with Crippen molar-refractivity contribution in [3.8, 4) is 5.75 Å². The number of ether oxygens (including phenoxy) is 1. The minimum Gasteiger partial charge on any atom is -0.486 e. The SMILES string of the molecule is Cc1cc(OCc2ccc(CNC(C)C)o2)cc(C)c1Br. The van der Waals surface area contributed by atoms with Crippen LogP contribution in [0.3, 0.4) is 0 Å². The molecule has 1 aromatic heterocycles. The highest BCUT2D eigenvalue weighted by Gasteiger charge is 2.06. The molecule has 0 spiro atoms. The zero-order valence-corrected chi connectivity index (χ0v) is 14.6. The van der Waals surface area contributed by atoms with Crippen molar-refractivity contribution in [3.05, 3.63) is 51.4 Å². The zero-order chi connectivity index (χ0) is 15.4. The molecule has 21 heavy (non-hydrogen) atoms. The zero-order valence-electron chi connectivity index (χ0n) is 13.0. The normalized spacial score (nSPS) is 11.1. The van der Waals surface area contributed by atoms with Crippen molar-refractivity contribution >= 4 is 15.9 Å². The van der Waals surface area contributed by atoms with Crippen molar-refractivity contribution < 1.29 is 9.15 Å². The Hall–Kier alpha value is -1.26. The first-order valence-electron chi connectivity index (χ1n) is 7.16. The van der Waals surface area contributed by atoms with Crippen LogP contribution in [0.2, 0.25) is 0 Å². The minimum atomic E-state index is 0.447. The molecule has 0 fully saturated rings. The van der Waals surface area contributed by atoms with E-state index in [0.29, 0.717) is 12.6 Å². The Kier molecular flexibility index (Phi) is 5.48. The van der Waals surface area contributed by atoms with Gasteiger partial charge in [-0.05, 0) is 49.2 Å². The molecule has 4 heteroatoms. The summed E-state index contributed by atoms with van der Waals surface area (Å²) >= 11 is 3.56. The Balaban J connectivity index is 1.94. The fraction of sp³-hybridized carbons (Fsp3) is 0.412. The molecule has 0 radical (unpaired) electrons.